The lowest BCUT2D eigenvalue weighted by Gasteiger charge is -2.54. The van der Waals surface area contributed by atoms with E-state index in [4.69, 9.17) is 0 Å². The van der Waals surface area contributed by atoms with Crippen LogP contribution >= 0.6 is 0 Å². The zero-order chi connectivity index (χ0) is 9.52. The predicted octanol–water partition coefficient (Wildman–Crippen LogP) is 2.61. The molecular formula is C11H20O. The van der Waals surface area contributed by atoms with Crippen molar-refractivity contribution in [3.05, 3.63) is 12.2 Å². The highest BCUT2D eigenvalue weighted by atomic mass is 16.3. The molecule has 12 heavy (non-hydrogen) atoms. The van der Waals surface area contributed by atoms with E-state index in [1.165, 1.54) is 5.57 Å². The van der Waals surface area contributed by atoms with Crippen molar-refractivity contribution in [2.24, 2.45) is 17.3 Å². The molecule has 0 radical (unpaired) electrons. The average Bonchev–Trinajstić information content (AvgIpc) is 1.83. The molecule has 1 aliphatic carbocycles. The van der Waals surface area contributed by atoms with Gasteiger partial charge in [-0.2, -0.15) is 0 Å². The molecule has 1 fully saturated rings. The minimum absolute atomic E-state index is 0.171. The second-order valence-electron chi connectivity index (χ2n) is 4.80. The van der Waals surface area contributed by atoms with Gasteiger partial charge in [-0.15, -0.1) is 0 Å². The maximum absolute atomic E-state index is 9.48. The van der Waals surface area contributed by atoms with Gasteiger partial charge in [-0.05, 0) is 37.5 Å². The van der Waals surface area contributed by atoms with Crippen LogP contribution in [0.3, 0.4) is 0 Å². The van der Waals surface area contributed by atoms with Crippen molar-refractivity contribution in [2.45, 2.75) is 40.2 Å². The topological polar surface area (TPSA) is 20.2 Å². The summed E-state index contributed by atoms with van der Waals surface area (Å²) in [5.41, 5.74) is 1.51. The molecule has 3 atom stereocenters. The lowest BCUT2D eigenvalue weighted by Crippen LogP contribution is -2.49. The highest BCUT2D eigenvalue weighted by Gasteiger charge is 2.49. The van der Waals surface area contributed by atoms with Crippen LogP contribution in [0.25, 0.3) is 0 Å². The minimum atomic E-state index is -0.171. The highest BCUT2D eigenvalue weighted by molar-refractivity contribution is 5.12. The van der Waals surface area contributed by atoms with E-state index in [1.54, 1.807) is 0 Å². The largest absolute Gasteiger partial charge is 0.393 e. The van der Waals surface area contributed by atoms with Gasteiger partial charge in [0.05, 0.1) is 6.10 Å². The molecule has 0 aliphatic heterocycles. The molecule has 1 N–H and O–H groups in total. The molecule has 0 aromatic heterocycles. The summed E-state index contributed by atoms with van der Waals surface area (Å²) in [4.78, 5) is 0. The molecule has 1 aliphatic rings. The van der Waals surface area contributed by atoms with E-state index in [-0.39, 0.29) is 11.5 Å². The van der Waals surface area contributed by atoms with Crippen molar-refractivity contribution in [1.29, 1.82) is 0 Å². The van der Waals surface area contributed by atoms with Gasteiger partial charge >= 0.3 is 0 Å². The molecule has 0 heterocycles. The van der Waals surface area contributed by atoms with Crippen LogP contribution < -0.4 is 0 Å². The lowest BCUT2D eigenvalue weighted by molar-refractivity contribution is -0.0713. The Labute approximate surface area is 75.5 Å². The smallest absolute Gasteiger partial charge is 0.0545 e. The summed E-state index contributed by atoms with van der Waals surface area (Å²) < 4.78 is 0. The SMILES string of the molecule is C=C(C)[C@@H]1C[C@H](C(C)O)C1(C)C. The Kier molecular flexibility index (Phi) is 2.35. The molecule has 70 valence electrons. The Balaban J connectivity index is 2.66. The van der Waals surface area contributed by atoms with Crippen molar-refractivity contribution >= 4 is 0 Å². The van der Waals surface area contributed by atoms with Crippen LogP contribution in [0, 0.1) is 17.3 Å². The number of allylic oxidation sites excluding steroid dienone is 1. The average molecular weight is 168 g/mol. The zero-order valence-corrected chi connectivity index (χ0v) is 8.59. The van der Waals surface area contributed by atoms with Crippen LogP contribution in [0.15, 0.2) is 12.2 Å². The van der Waals surface area contributed by atoms with Crippen molar-refractivity contribution in [3.8, 4) is 0 Å². The molecule has 1 saturated carbocycles. The van der Waals surface area contributed by atoms with E-state index in [2.05, 4.69) is 27.4 Å². The van der Waals surface area contributed by atoms with Crippen LogP contribution in [0.1, 0.15) is 34.1 Å². The van der Waals surface area contributed by atoms with Crippen molar-refractivity contribution < 1.29 is 5.11 Å². The number of rotatable bonds is 2. The Morgan fingerprint density at radius 2 is 2.08 bits per heavy atom. The molecule has 0 saturated heterocycles. The van der Waals surface area contributed by atoms with Gasteiger partial charge in [-0.25, -0.2) is 0 Å². The van der Waals surface area contributed by atoms with Gasteiger partial charge in [-0.3, -0.25) is 0 Å². The molecule has 1 unspecified atom stereocenters. The third-order valence-corrected chi connectivity index (χ3v) is 3.52. The summed E-state index contributed by atoms with van der Waals surface area (Å²) in [6.07, 6.45) is 0.940. The van der Waals surface area contributed by atoms with E-state index in [0.29, 0.717) is 11.8 Å². The number of hydrogen-bond donors (Lipinski definition) is 1. The van der Waals surface area contributed by atoms with E-state index >= 15 is 0 Å². The number of aliphatic hydroxyl groups excluding tert-OH is 1. The quantitative estimate of drug-likeness (QED) is 0.628. The lowest BCUT2D eigenvalue weighted by atomic mass is 9.51. The predicted molar refractivity (Wildman–Crippen MR) is 51.9 cm³/mol. The first-order valence-corrected chi connectivity index (χ1v) is 4.70. The molecule has 0 spiro atoms. The van der Waals surface area contributed by atoms with Gasteiger partial charge in [0.15, 0.2) is 0 Å². The summed E-state index contributed by atoms with van der Waals surface area (Å²) >= 11 is 0. The molecule has 1 rings (SSSR count). The second-order valence-corrected chi connectivity index (χ2v) is 4.80. The van der Waals surface area contributed by atoms with Crippen LogP contribution in [-0.4, -0.2) is 11.2 Å². The Bertz CT molecular complexity index is 191. The molecule has 0 amide bonds. The Morgan fingerprint density at radius 3 is 2.33 bits per heavy atom. The zero-order valence-electron chi connectivity index (χ0n) is 8.59. The summed E-state index contributed by atoms with van der Waals surface area (Å²) in [6.45, 7) is 12.4. The van der Waals surface area contributed by atoms with Gasteiger partial charge in [-0.1, -0.05) is 26.0 Å². The monoisotopic (exact) mass is 168 g/mol. The van der Waals surface area contributed by atoms with E-state index in [9.17, 15) is 5.11 Å². The molecule has 1 heteroatoms. The van der Waals surface area contributed by atoms with Crippen molar-refractivity contribution in [2.75, 3.05) is 0 Å². The summed E-state index contributed by atoms with van der Waals surface area (Å²) in [5.74, 6) is 1.07. The van der Waals surface area contributed by atoms with Gasteiger partial charge in [0, 0.05) is 0 Å². The fourth-order valence-corrected chi connectivity index (χ4v) is 2.61. The van der Waals surface area contributed by atoms with Gasteiger partial charge in [0.2, 0.25) is 0 Å². The molecule has 0 aromatic carbocycles. The Hall–Kier alpha value is -0.300. The van der Waals surface area contributed by atoms with Gasteiger partial charge < -0.3 is 5.11 Å². The van der Waals surface area contributed by atoms with Crippen LogP contribution in [-0.2, 0) is 0 Å². The van der Waals surface area contributed by atoms with Crippen LogP contribution in [0.5, 0.6) is 0 Å². The first kappa shape index (κ1) is 9.79. The van der Waals surface area contributed by atoms with Gasteiger partial charge in [0.25, 0.3) is 0 Å². The fraction of sp³-hybridized carbons (Fsp3) is 0.818. The highest BCUT2D eigenvalue weighted by Crippen LogP contribution is 2.55. The van der Waals surface area contributed by atoms with Crippen molar-refractivity contribution in [3.63, 3.8) is 0 Å². The summed E-state index contributed by atoms with van der Waals surface area (Å²) in [5, 5.41) is 9.48. The van der Waals surface area contributed by atoms with Crippen LogP contribution in [0.4, 0.5) is 0 Å². The number of aliphatic hydroxyl groups is 1. The third-order valence-electron chi connectivity index (χ3n) is 3.52. The van der Waals surface area contributed by atoms with E-state index in [0.717, 1.165) is 6.42 Å². The normalized spacial score (nSPS) is 35.4. The minimum Gasteiger partial charge on any atom is -0.393 e. The van der Waals surface area contributed by atoms with E-state index < -0.39 is 0 Å². The first-order chi connectivity index (χ1) is 5.37. The molecule has 0 bridgehead atoms. The molecule has 0 aromatic rings. The maximum atomic E-state index is 9.48. The summed E-state index contributed by atoms with van der Waals surface area (Å²) in [6, 6.07) is 0. The second kappa shape index (κ2) is 2.88. The third kappa shape index (κ3) is 1.31. The Morgan fingerprint density at radius 1 is 1.58 bits per heavy atom. The van der Waals surface area contributed by atoms with E-state index in [1.807, 2.05) is 6.92 Å². The first-order valence-electron chi connectivity index (χ1n) is 4.70. The summed E-state index contributed by atoms with van der Waals surface area (Å²) in [7, 11) is 0. The van der Waals surface area contributed by atoms with Gasteiger partial charge in [0.1, 0.15) is 0 Å². The fourth-order valence-electron chi connectivity index (χ4n) is 2.61. The van der Waals surface area contributed by atoms with Crippen LogP contribution in [0.2, 0.25) is 0 Å². The standard InChI is InChI=1S/C11H20O/c1-7(2)9-6-10(8(3)12)11(9,4)5/h8-10,12H,1,6H2,2-5H3/t8?,9-,10+/m0/s1. The molecule has 1 nitrogen and oxygen atoms in total. The maximum Gasteiger partial charge on any atom is 0.0545 e. The molecular weight excluding hydrogens is 148 g/mol. The van der Waals surface area contributed by atoms with Crippen molar-refractivity contribution in [1.82, 2.24) is 0 Å². The number of hydrogen-bond acceptors (Lipinski definition) is 1.